The van der Waals surface area contributed by atoms with Crippen molar-refractivity contribution in [3.8, 4) is 0 Å². The van der Waals surface area contributed by atoms with Gasteiger partial charge < -0.3 is 28.0 Å². The van der Waals surface area contributed by atoms with Gasteiger partial charge in [0.15, 0.2) is 0 Å². The molecule has 0 aromatic rings. The van der Waals surface area contributed by atoms with Crippen molar-refractivity contribution in [2.75, 3.05) is 80.2 Å². The van der Waals surface area contributed by atoms with Crippen molar-refractivity contribution in [2.24, 2.45) is 5.41 Å². The van der Waals surface area contributed by atoms with E-state index < -0.39 is 8.80 Å². The van der Waals surface area contributed by atoms with Gasteiger partial charge in [-0.1, -0.05) is 41.5 Å². The molecule has 0 saturated heterocycles. The van der Waals surface area contributed by atoms with Crippen LogP contribution in [0.1, 0.15) is 86.5 Å². The second-order valence-electron chi connectivity index (χ2n) is 9.85. The standard InChI is InChI=1S/C27H61N3O3Si/c1-10-20-28(13-4)23-16-27(17-24-29(14-5)21-11-2,18-25-30(15-6)22-12-3)19-26-34(31-7,32-8)33-9/h10-26H2,1-9H3. The van der Waals surface area contributed by atoms with Crippen molar-refractivity contribution in [1.29, 1.82) is 0 Å². The lowest BCUT2D eigenvalue weighted by molar-refractivity contribution is 0.0944. The van der Waals surface area contributed by atoms with E-state index in [-0.39, 0.29) is 5.41 Å². The maximum Gasteiger partial charge on any atom is 0.500 e. The van der Waals surface area contributed by atoms with Gasteiger partial charge in [-0.05, 0) is 109 Å². The molecule has 206 valence electrons. The van der Waals surface area contributed by atoms with E-state index >= 15 is 0 Å². The highest BCUT2D eigenvalue weighted by Gasteiger charge is 2.41. The van der Waals surface area contributed by atoms with Crippen molar-refractivity contribution in [1.82, 2.24) is 14.7 Å². The Morgan fingerprint density at radius 2 is 0.824 bits per heavy atom. The molecule has 0 saturated carbocycles. The summed E-state index contributed by atoms with van der Waals surface area (Å²) in [6, 6.07) is 0.885. The molecule has 6 nitrogen and oxygen atoms in total. The second kappa shape index (κ2) is 20.1. The summed E-state index contributed by atoms with van der Waals surface area (Å²) in [5.41, 5.74) is 0.261. The first-order chi connectivity index (χ1) is 16.4. The molecule has 0 aliphatic carbocycles. The molecule has 0 aromatic carbocycles. The molecule has 0 atom stereocenters. The Labute approximate surface area is 215 Å². The van der Waals surface area contributed by atoms with Gasteiger partial charge in [0, 0.05) is 27.4 Å². The number of nitrogens with zero attached hydrogens (tertiary/aromatic N) is 3. The molecule has 0 aliphatic rings. The van der Waals surface area contributed by atoms with Gasteiger partial charge in [0.1, 0.15) is 0 Å². The minimum Gasteiger partial charge on any atom is -0.377 e. The van der Waals surface area contributed by atoms with E-state index in [4.69, 9.17) is 13.3 Å². The predicted octanol–water partition coefficient (Wildman–Crippen LogP) is 5.61. The quantitative estimate of drug-likeness (QED) is 0.159. The van der Waals surface area contributed by atoms with E-state index in [1.807, 2.05) is 0 Å². The Kier molecular flexibility index (Phi) is 20.1. The molecule has 0 radical (unpaired) electrons. The van der Waals surface area contributed by atoms with Crippen LogP contribution in [-0.4, -0.2) is 104 Å². The van der Waals surface area contributed by atoms with Crippen LogP contribution < -0.4 is 0 Å². The lowest BCUT2D eigenvalue weighted by Gasteiger charge is -2.40. The lowest BCUT2D eigenvalue weighted by Crippen LogP contribution is -2.45. The molecule has 0 aliphatic heterocycles. The topological polar surface area (TPSA) is 37.4 Å². The summed E-state index contributed by atoms with van der Waals surface area (Å²) in [5, 5.41) is 0. The van der Waals surface area contributed by atoms with Crippen LogP contribution in [0.25, 0.3) is 0 Å². The normalized spacial score (nSPS) is 13.1. The van der Waals surface area contributed by atoms with E-state index in [9.17, 15) is 0 Å². The molecule has 0 rings (SSSR count). The van der Waals surface area contributed by atoms with Crippen LogP contribution in [0.2, 0.25) is 6.04 Å². The lowest BCUT2D eigenvalue weighted by atomic mass is 9.75. The SMILES string of the molecule is CCCN(CC)CCC(CCN(CC)CCC)(CCN(CC)CCC)CC[Si](OC)(OC)OC. The van der Waals surface area contributed by atoms with Crippen LogP contribution in [0.15, 0.2) is 0 Å². The molecule has 7 heteroatoms. The maximum absolute atomic E-state index is 5.85. The molecule has 0 N–H and O–H groups in total. The molecule has 0 amide bonds. The van der Waals surface area contributed by atoms with E-state index in [0.717, 1.165) is 32.1 Å². The summed E-state index contributed by atoms with van der Waals surface area (Å²) < 4.78 is 17.6. The highest BCUT2D eigenvalue weighted by Crippen LogP contribution is 2.39. The van der Waals surface area contributed by atoms with Gasteiger partial charge in [-0.3, -0.25) is 0 Å². The van der Waals surface area contributed by atoms with Gasteiger partial charge in [-0.15, -0.1) is 0 Å². The first-order valence-electron chi connectivity index (χ1n) is 14.2. The molecule has 0 bridgehead atoms. The molecular formula is C27H61N3O3Si. The largest absolute Gasteiger partial charge is 0.500 e. The number of hydrogen-bond acceptors (Lipinski definition) is 6. The smallest absolute Gasteiger partial charge is 0.377 e. The Morgan fingerprint density at radius 3 is 1.06 bits per heavy atom. The Morgan fingerprint density at radius 1 is 0.500 bits per heavy atom. The van der Waals surface area contributed by atoms with Crippen molar-refractivity contribution in [2.45, 2.75) is 92.5 Å². The summed E-state index contributed by atoms with van der Waals surface area (Å²) in [4.78, 5) is 7.90. The van der Waals surface area contributed by atoms with Crippen molar-refractivity contribution < 1.29 is 13.3 Å². The molecule has 0 spiro atoms. The molecule has 0 heterocycles. The van der Waals surface area contributed by atoms with Gasteiger partial charge in [0.25, 0.3) is 0 Å². The van der Waals surface area contributed by atoms with Crippen molar-refractivity contribution in [3.05, 3.63) is 0 Å². The fourth-order valence-electron chi connectivity index (χ4n) is 5.14. The second-order valence-corrected chi connectivity index (χ2v) is 12.9. The maximum atomic E-state index is 5.85. The van der Waals surface area contributed by atoms with Gasteiger partial charge in [0.2, 0.25) is 0 Å². The fraction of sp³-hybridized carbons (Fsp3) is 1.00. The van der Waals surface area contributed by atoms with Crippen LogP contribution in [0.3, 0.4) is 0 Å². The van der Waals surface area contributed by atoms with Crippen molar-refractivity contribution >= 4 is 8.80 Å². The summed E-state index contributed by atoms with van der Waals surface area (Å²) in [6.45, 7) is 24.2. The fourth-order valence-corrected chi connectivity index (χ4v) is 7.09. The Hall–Kier alpha value is -0.0231. The Balaban J connectivity index is 5.89. The molecular weight excluding hydrogens is 442 g/mol. The zero-order valence-corrected chi connectivity index (χ0v) is 25.6. The molecule has 0 unspecified atom stereocenters. The molecule has 34 heavy (non-hydrogen) atoms. The number of hydrogen-bond donors (Lipinski definition) is 0. The van der Waals surface area contributed by atoms with Crippen molar-refractivity contribution in [3.63, 3.8) is 0 Å². The highest BCUT2D eigenvalue weighted by molar-refractivity contribution is 6.60. The van der Waals surface area contributed by atoms with Crippen LogP contribution in [-0.2, 0) is 13.3 Å². The predicted molar refractivity (Wildman–Crippen MR) is 150 cm³/mol. The average molecular weight is 504 g/mol. The minimum absolute atomic E-state index is 0.261. The summed E-state index contributed by atoms with van der Waals surface area (Å²) in [7, 11) is 2.65. The first-order valence-corrected chi connectivity index (χ1v) is 16.1. The Bertz CT molecular complexity index is 413. The molecule has 0 aromatic heterocycles. The van der Waals surface area contributed by atoms with Gasteiger partial charge in [-0.2, -0.15) is 0 Å². The zero-order valence-electron chi connectivity index (χ0n) is 24.6. The van der Waals surface area contributed by atoms with Crippen LogP contribution >= 0.6 is 0 Å². The van der Waals surface area contributed by atoms with Gasteiger partial charge >= 0.3 is 8.80 Å². The van der Waals surface area contributed by atoms with E-state index in [1.54, 1.807) is 21.3 Å². The van der Waals surface area contributed by atoms with E-state index in [0.29, 0.717) is 0 Å². The number of rotatable bonds is 24. The highest BCUT2D eigenvalue weighted by atomic mass is 28.4. The monoisotopic (exact) mass is 503 g/mol. The third-order valence-electron chi connectivity index (χ3n) is 7.73. The van der Waals surface area contributed by atoms with Gasteiger partial charge in [0.05, 0.1) is 0 Å². The third kappa shape index (κ3) is 12.8. The average Bonchev–Trinajstić information content (AvgIpc) is 2.87. The molecule has 0 fully saturated rings. The zero-order chi connectivity index (χ0) is 25.9. The summed E-state index contributed by atoms with van der Waals surface area (Å²) in [5.74, 6) is 0. The van der Waals surface area contributed by atoms with E-state index in [1.165, 1.54) is 77.8 Å². The summed E-state index contributed by atoms with van der Waals surface area (Å²) in [6.07, 6.45) is 8.45. The first kappa shape index (κ1) is 34.0. The minimum atomic E-state index is -2.61. The van der Waals surface area contributed by atoms with E-state index in [2.05, 4.69) is 56.2 Å². The third-order valence-corrected chi connectivity index (χ3v) is 10.5. The van der Waals surface area contributed by atoms with Crippen LogP contribution in [0, 0.1) is 5.41 Å². The van der Waals surface area contributed by atoms with Gasteiger partial charge in [-0.25, -0.2) is 0 Å². The summed E-state index contributed by atoms with van der Waals surface area (Å²) >= 11 is 0. The van der Waals surface area contributed by atoms with Crippen LogP contribution in [0.4, 0.5) is 0 Å². The van der Waals surface area contributed by atoms with Crippen LogP contribution in [0.5, 0.6) is 0 Å².